The van der Waals surface area contributed by atoms with E-state index >= 15 is 0 Å². The van der Waals surface area contributed by atoms with Crippen molar-refractivity contribution in [3.8, 4) is 0 Å². The number of alkyl halides is 16. The molecule has 1 saturated heterocycles. The fourth-order valence-corrected chi connectivity index (χ4v) is 2.17. The third-order valence-electron chi connectivity index (χ3n) is 3.44. The Morgan fingerprint density at radius 2 is 1.35 bits per heavy atom. The summed E-state index contributed by atoms with van der Waals surface area (Å²) in [6.07, 6.45) is -31.3. The van der Waals surface area contributed by atoms with Gasteiger partial charge in [-0.25, -0.2) is 26.7 Å². The zero-order valence-electron chi connectivity index (χ0n) is 16.3. The fourth-order valence-electron chi connectivity index (χ4n) is 2.17. The Morgan fingerprint density at radius 1 is 0.853 bits per heavy atom. The van der Waals surface area contributed by atoms with Gasteiger partial charge in [-0.15, -0.1) is 22.0 Å². The lowest BCUT2D eigenvalue weighted by atomic mass is 10.0. The van der Waals surface area contributed by atoms with Crippen LogP contribution in [0, 0.1) is 0 Å². The van der Waals surface area contributed by atoms with E-state index < -0.39 is 81.3 Å². The number of hydrogen-bond donors (Lipinski definition) is 0. The van der Waals surface area contributed by atoms with Crippen LogP contribution in [0.1, 0.15) is 19.3 Å². The van der Waals surface area contributed by atoms with Crippen molar-refractivity contribution < 1.29 is 89.2 Å². The highest BCUT2D eigenvalue weighted by atomic mass is 19.4. The van der Waals surface area contributed by atoms with Gasteiger partial charge >= 0.3 is 30.9 Å². The van der Waals surface area contributed by atoms with E-state index in [-0.39, 0.29) is 0 Å². The van der Waals surface area contributed by atoms with Gasteiger partial charge in [0.1, 0.15) is 6.42 Å². The maximum atomic E-state index is 13.3. The molecule has 2 unspecified atom stereocenters. The van der Waals surface area contributed by atoms with Crippen molar-refractivity contribution in [3.05, 3.63) is 0 Å². The standard InChI is InChI=1S/C8H8F8O.C6H6F8O3/c9-5(10,4-8(14,15)16)3-7(13)6(11,12)1-2-17-7;1-15-2-3(4(7,8)9)16-6(13,14)17-5(10,11)12/h1-4H2;3H,2H2,1H3. The molecule has 34 heavy (non-hydrogen) atoms. The van der Waals surface area contributed by atoms with E-state index in [0.717, 1.165) is 7.11 Å². The Balaban J connectivity index is 0.000000641. The lowest BCUT2D eigenvalue weighted by molar-refractivity contribution is -0.513. The first kappa shape index (κ1) is 32.7. The Hall–Kier alpha value is -1.28. The summed E-state index contributed by atoms with van der Waals surface area (Å²) in [4.78, 5) is 0. The number of halogens is 16. The normalized spacial score (nSPS) is 22.9. The van der Waals surface area contributed by atoms with Crippen molar-refractivity contribution in [1.82, 2.24) is 0 Å². The molecule has 2 atom stereocenters. The van der Waals surface area contributed by atoms with Crippen molar-refractivity contribution in [3.63, 3.8) is 0 Å². The molecule has 20 heteroatoms. The Bertz CT molecular complexity index is 629. The van der Waals surface area contributed by atoms with Crippen molar-refractivity contribution in [1.29, 1.82) is 0 Å². The molecule has 1 fully saturated rings. The molecule has 0 aromatic carbocycles. The maximum Gasteiger partial charge on any atom is 0.529 e. The van der Waals surface area contributed by atoms with E-state index in [0.29, 0.717) is 0 Å². The first-order valence-corrected chi connectivity index (χ1v) is 8.28. The minimum Gasteiger partial charge on any atom is -0.382 e. The molecule has 1 aliphatic heterocycles. The van der Waals surface area contributed by atoms with E-state index in [1.54, 1.807) is 0 Å². The molecule has 0 saturated carbocycles. The second-order valence-corrected chi connectivity index (χ2v) is 6.47. The summed E-state index contributed by atoms with van der Waals surface area (Å²) in [5.41, 5.74) is 0. The molecule has 1 aliphatic rings. The average Bonchev–Trinajstić information content (AvgIpc) is 2.73. The minimum absolute atomic E-state index is 0.727. The average molecular weight is 550 g/mol. The first-order valence-electron chi connectivity index (χ1n) is 8.28. The zero-order chi connectivity index (χ0) is 27.4. The molecular weight excluding hydrogens is 536 g/mol. The molecule has 1 heterocycles. The van der Waals surface area contributed by atoms with Gasteiger partial charge in [-0.1, -0.05) is 0 Å². The second-order valence-electron chi connectivity index (χ2n) is 6.47. The SMILES string of the molecule is COCC(OC(F)(F)OC(F)(F)F)C(F)(F)F.FC(F)(F)CC(F)(F)CC1(F)OCCC1(F)F. The first-order chi connectivity index (χ1) is 14.7. The summed E-state index contributed by atoms with van der Waals surface area (Å²) in [5.74, 6) is -12.9. The summed E-state index contributed by atoms with van der Waals surface area (Å²) < 4.78 is 207. The fraction of sp³-hybridized carbons (Fsp3) is 1.00. The highest BCUT2D eigenvalue weighted by molar-refractivity contribution is 4.94. The highest BCUT2D eigenvalue weighted by Crippen LogP contribution is 2.49. The van der Waals surface area contributed by atoms with Gasteiger partial charge in [-0.05, 0) is 0 Å². The predicted octanol–water partition coefficient (Wildman–Crippen LogP) is 6.35. The van der Waals surface area contributed by atoms with Crippen LogP contribution in [0.5, 0.6) is 0 Å². The van der Waals surface area contributed by atoms with Gasteiger partial charge in [0.15, 0.2) is 6.10 Å². The van der Waals surface area contributed by atoms with E-state index in [1.807, 2.05) is 0 Å². The van der Waals surface area contributed by atoms with Crippen molar-refractivity contribution in [2.45, 2.75) is 68.1 Å². The molecule has 0 amide bonds. The van der Waals surface area contributed by atoms with Crippen LogP contribution >= 0.6 is 0 Å². The molecule has 0 spiro atoms. The van der Waals surface area contributed by atoms with Crippen molar-refractivity contribution >= 4 is 0 Å². The van der Waals surface area contributed by atoms with Gasteiger partial charge < -0.3 is 9.47 Å². The van der Waals surface area contributed by atoms with Gasteiger partial charge in [-0.2, -0.15) is 26.3 Å². The van der Waals surface area contributed by atoms with Crippen LogP contribution in [0.15, 0.2) is 0 Å². The summed E-state index contributed by atoms with van der Waals surface area (Å²) in [6.45, 7) is -2.22. The summed E-state index contributed by atoms with van der Waals surface area (Å²) in [5, 5.41) is 0. The molecule has 0 N–H and O–H groups in total. The number of rotatable bonds is 8. The molecule has 1 rings (SSSR count). The Morgan fingerprint density at radius 3 is 1.68 bits per heavy atom. The smallest absolute Gasteiger partial charge is 0.382 e. The lowest BCUT2D eigenvalue weighted by Crippen LogP contribution is -2.46. The second kappa shape index (κ2) is 10.8. The van der Waals surface area contributed by atoms with Crippen molar-refractivity contribution in [2.24, 2.45) is 0 Å². The van der Waals surface area contributed by atoms with Crippen LogP contribution in [0.3, 0.4) is 0 Å². The van der Waals surface area contributed by atoms with E-state index in [1.165, 1.54) is 0 Å². The summed E-state index contributed by atoms with van der Waals surface area (Å²) >= 11 is 0. The van der Waals surface area contributed by atoms with Crippen LogP contribution in [-0.4, -0.2) is 69.1 Å². The van der Waals surface area contributed by atoms with Gasteiger partial charge in [0.2, 0.25) is 0 Å². The maximum absolute atomic E-state index is 13.3. The summed E-state index contributed by atoms with van der Waals surface area (Å²) in [7, 11) is 0.727. The third kappa shape index (κ3) is 11.9. The quantitative estimate of drug-likeness (QED) is 0.261. The molecule has 4 nitrogen and oxygen atoms in total. The van der Waals surface area contributed by atoms with Crippen LogP contribution in [0.2, 0.25) is 0 Å². The molecule has 206 valence electrons. The van der Waals surface area contributed by atoms with Crippen LogP contribution in [-0.2, 0) is 18.9 Å². The summed E-state index contributed by atoms with van der Waals surface area (Å²) in [6, 6.07) is 0. The van der Waals surface area contributed by atoms with Gasteiger partial charge in [0.05, 0.1) is 19.6 Å². The van der Waals surface area contributed by atoms with Gasteiger partial charge in [0, 0.05) is 13.5 Å². The zero-order valence-corrected chi connectivity index (χ0v) is 16.3. The Kier molecular flexibility index (Phi) is 10.4. The molecule has 0 aromatic rings. The number of hydrogen-bond acceptors (Lipinski definition) is 4. The largest absolute Gasteiger partial charge is 0.529 e. The minimum atomic E-state index is -5.84. The Labute approximate surface area is 179 Å². The molecule has 0 bridgehead atoms. The van der Waals surface area contributed by atoms with Crippen molar-refractivity contribution in [2.75, 3.05) is 20.3 Å². The van der Waals surface area contributed by atoms with Gasteiger partial charge in [0.25, 0.3) is 11.8 Å². The third-order valence-corrected chi connectivity index (χ3v) is 3.44. The molecule has 0 aromatic heterocycles. The molecule has 0 aliphatic carbocycles. The van der Waals surface area contributed by atoms with E-state index in [9.17, 15) is 70.2 Å². The lowest BCUT2D eigenvalue weighted by Gasteiger charge is -2.29. The number of ether oxygens (including phenoxy) is 4. The predicted molar refractivity (Wildman–Crippen MR) is 74.5 cm³/mol. The van der Waals surface area contributed by atoms with E-state index in [4.69, 9.17) is 0 Å². The van der Waals surface area contributed by atoms with E-state index in [2.05, 4.69) is 18.9 Å². The number of methoxy groups -OCH3 is 1. The molecule has 0 radical (unpaired) electrons. The van der Waals surface area contributed by atoms with Crippen LogP contribution in [0.4, 0.5) is 70.2 Å². The topological polar surface area (TPSA) is 36.9 Å². The highest BCUT2D eigenvalue weighted by Gasteiger charge is 2.64. The molecular formula is C14H14F16O4. The monoisotopic (exact) mass is 550 g/mol. The van der Waals surface area contributed by atoms with Crippen LogP contribution in [0.25, 0.3) is 0 Å². The van der Waals surface area contributed by atoms with Crippen LogP contribution < -0.4 is 0 Å². The van der Waals surface area contributed by atoms with Gasteiger partial charge in [-0.3, -0.25) is 4.74 Å².